The summed E-state index contributed by atoms with van der Waals surface area (Å²) in [7, 11) is -4.15. The Balaban J connectivity index is 2.45. The van der Waals surface area contributed by atoms with Gasteiger partial charge in [-0.1, -0.05) is 0 Å². The Morgan fingerprint density at radius 2 is 1.81 bits per heavy atom. The van der Waals surface area contributed by atoms with Crippen molar-refractivity contribution in [1.29, 1.82) is 5.26 Å². The van der Waals surface area contributed by atoms with Crippen LogP contribution in [0.3, 0.4) is 0 Å². The third kappa shape index (κ3) is 3.27. The SMILES string of the molecule is N#Cc1cc(F)ccc1NS(=O)(=O)c1cc(N)cc(F)c1. The minimum atomic E-state index is -4.15. The quantitative estimate of drug-likeness (QED) is 0.850. The minimum Gasteiger partial charge on any atom is -0.399 e. The van der Waals surface area contributed by atoms with Gasteiger partial charge >= 0.3 is 0 Å². The van der Waals surface area contributed by atoms with Crippen molar-refractivity contribution in [2.45, 2.75) is 4.90 Å². The molecule has 0 spiro atoms. The fraction of sp³-hybridized carbons (Fsp3) is 0. The largest absolute Gasteiger partial charge is 0.399 e. The van der Waals surface area contributed by atoms with Crippen molar-refractivity contribution in [1.82, 2.24) is 0 Å². The van der Waals surface area contributed by atoms with Gasteiger partial charge in [0.1, 0.15) is 17.7 Å². The molecule has 5 nitrogen and oxygen atoms in total. The van der Waals surface area contributed by atoms with Gasteiger partial charge in [-0.3, -0.25) is 4.72 Å². The summed E-state index contributed by atoms with van der Waals surface area (Å²) in [5.41, 5.74) is 5.03. The molecule has 0 amide bonds. The Labute approximate surface area is 119 Å². The summed E-state index contributed by atoms with van der Waals surface area (Å²) in [6.07, 6.45) is 0. The van der Waals surface area contributed by atoms with Crippen LogP contribution in [0.1, 0.15) is 5.56 Å². The molecule has 0 heterocycles. The molecule has 0 saturated heterocycles. The molecule has 0 aliphatic heterocycles. The number of nitriles is 1. The third-order valence-corrected chi connectivity index (χ3v) is 3.90. The number of benzene rings is 2. The molecule has 8 heteroatoms. The number of rotatable bonds is 3. The molecule has 0 aromatic heterocycles. The van der Waals surface area contributed by atoms with Crippen molar-refractivity contribution in [3.63, 3.8) is 0 Å². The number of halogens is 2. The maximum atomic E-state index is 13.2. The molecule has 0 aliphatic rings. The molecule has 3 N–H and O–H groups in total. The molecule has 0 unspecified atom stereocenters. The second-order valence-corrected chi connectivity index (χ2v) is 5.81. The molecule has 2 aromatic carbocycles. The average Bonchev–Trinajstić information content (AvgIpc) is 2.39. The highest BCUT2D eigenvalue weighted by Gasteiger charge is 2.18. The van der Waals surface area contributed by atoms with Gasteiger partial charge in [0, 0.05) is 5.69 Å². The molecule has 0 atom stereocenters. The lowest BCUT2D eigenvalue weighted by Gasteiger charge is -2.10. The predicted molar refractivity (Wildman–Crippen MR) is 72.7 cm³/mol. The average molecular weight is 309 g/mol. The van der Waals surface area contributed by atoms with Gasteiger partial charge in [-0.15, -0.1) is 0 Å². The summed E-state index contributed by atoms with van der Waals surface area (Å²) in [5.74, 6) is -1.49. The topological polar surface area (TPSA) is 96.0 Å². The molecule has 0 fully saturated rings. The van der Waals surface area contributed by atoms with Gasteiger partial charge in [0.25, 0.3) is 10.0 Å². The fourth-order valence-corrected chi connectivity index (χ4v) is 2.79. The predicted octanol–water partition coefficient (Wildman–Crippen LogP) is 2.22. The first kappa shape index (κ1) is 14.7. The van der Waals surface area contributed by atoms with Crippen molar-refractivity contribution in [2.24, 2.45) is 0 Å². The number of hydrogen-bond donors (Lipinski definition) is 2. The van der Waals surface area contributed by atoms with Gasteiger partial charge in [-0.05, 0) is 36.4 Å². The molecule has 0 bridgehead atoms. The number of nitrogens with zero attached hydrogens (tertiary/aromatic N) is 1. The van der Waals surface area contributed by atoms with E-state index in [1.165, 1.54) is 0 Å². The summed E-state index contributed by atoms with van der Waals surface area (Å²) in [6.45, 7) is 0. The van der Waals surface area contributed by atoms with E-state index < -0.39 is 26.6 Å². The van der Waals surface area contributed by atoms with Gasteiger partial charge in [0.05, 0.1) is 16.1 Å². The number of hydrogen-bond acceptors (Lipinski definition) is 4. The molecule has 108 valence electrons. The molecule has 0 aliphatic carbocycles. The zero-order chi connectivity index (χ0) is 15.6. The fourth-order valence-electron chi connectivity index (χ4n) is 1.64. The normalized spacial score (nSPS) is 10.9. The van der Waals surface area contributed by atoms with Crippen LogP contribution in [0.25, 0.3) is 0 Å². The Morgan fingerprint density at radius 1 is 1.10 bits per heavy atom. The number of nitrogens with one attached hydrogen (secondary N) is 1. The smallest absolute Gasteiger partial charge is 0.262 e. The monoisotopic (exact) mass is 309 g/mol. The minimum absolute atomic E-state index is 0.0602. The summed E-state index contributed by atoms with van der Waals surface area (Å²) < 4.78 is 52.6. The van der Waals surface area contributed by atoms with Crippen molar-refractivity contribution in [3.05, 3.63) is 53.6 Å². The molecular weight excluding hydrogens is 300 g/mol. The van der Waals surface area contributed by atoms with Crippen LogP contribution >= 0.6 is 0 Å². The van der Waals surface area contributed by atoms with E-state index in [1.54, 1.807) is 6.07 Å². The van der Waals surface area contributed by atoms with Gasteiger partial charge in [-0.2, -0.15) is 5.26 Å². The van der Waals surface area contributed by atoms with Crippen LogP contribution in [0.5, 0.6) is 0 Å². The standard InChI is InChI=1S/C13H9F2N3O2S/c14-9-1-2-13(8(3-9)7-16)18-21(19,20)12-5-10(15)4-11(17)6-12/h1-6,18H,17H2. The van der Waals surface area contributed by atoms with E-state index >= 15 is 0 Å². The van der Waals surface area contributed by atoms with Gasteiger partial charge in [-0.25, -0.2) is 17.2 Å². The molecular formula is C13H9F2N3O2S. The van der Waals surface area contributed by atoms with E-state index in [1.807, 2.05) is 0 Å². The summed E-state index contributed by atoms with van der Waals surface area (Å²) >= 11 is 0. The molecule has 0 radical (unpaired) electrons. The van der Waals surface area contributed by atoms with Crippen LogP contribution in [-0.4, -0.2) is 8.42 Å². The Bertz CT molecular complexity index is 825. The van der Waals surface area contributed by atoms with E-state index in [9.17, 15) is 17.2 Å². The van der Waals surface area contributed by atoms with Crippen LogP contribution in [0.4, 0.5) is 20.2 Å². The molecule has 2 aromatic rings. The number of anilines is 2. The van der Waals surface area contributed by atoms with Crippen molar-refractivity contribution in [3.8, 4) is 6.07 Å². The lowest BCUT2D eigenvalue weighted by atomic mass is 10.2. The van der Waals surface area contributed by atoms with E-state index in [4.69, 9.17) is 11.0 Å². The maximum Gasteiger partial charge on any atom is 0.262 e. The number of nitrogen functional groups attached to an aromatic ring is 1. The van der Waals surface area contributed by atoms with Crippen LogP contribution in [0.2, 0.25) is 0 Å². The first-order valence-corrected chi connectivity index (χ1v) is 7.09. The Kier molecular flexibility index (Phi) is 3.78. The highest BCUT2D eigenvalue weighted by atomic mass is 32.2. The van der Waals surface area contributed by atoms with Crippen LogP contribution in [0, 0.1) is 23.0 Å². The van der Waals surface area contributed by atoms with Crippen LogP contribution in [-0.2, 0) is 10.0 Å². The zero-order valence-corrected chi connectivity index (χ0v) is 11.3. The van der Waals surface area contributed by atoms with E-state index in [-0.39, 0.29) is 16.9 Å². The Morgan fingerprint density at radius 3 is 2.43 bits per heavy atom. The van der Waals surface area contributed by atoms with E-state index in [0.29, 0.717) is 0 Å². The first-order valence-electron chi connectivity index (χ1n) is 5.60. The van der Waals surface area contributed by atoms with Crippen molar-refractivity contribution >= 4 is 21.4 Å². The second-order valence-electron chi connectivity index (χ2n) is 4.13. The van der Waals surface area contributed by atoms with Crippen LogP contribution in [0.15, 0.2) is 41.3 Å². The number of sulfonamides is 1. The lowest BCUT2D eigenvalue weighted by molar-refractivity contribution is 0.595. The lowest BCUT2D eigenvalue weighted by Crippen LogP contribution is -2.14. The maximum absolute atomic E-state index is 13.2. The van der Waals surface area contributed by atoms with Crippen LogP contribution < -0.4 is 10.5 Å². The first-order chi connectivity index (χ1) is 9.81. The Hall–Kier alpha value is -2.66. The molecule has 2 rings (SSSR count). The summed E-state index contributed by atoms with van der Waals surface area (Å²) in [4.78, 5) is -0.395. The highest BCUT2D eigenvalue weighted by Crippen LogP contribution is 2.22. The van der Waals surface area contributed by atoms with Gasteiger partial charge in [0.2, 0.25) is 0 Å². The third-order valence-electron chi connectivity index (χ3n) is 2.55. The highest BCUT2D eigenvalue weighted by molar-refractivity contribution is 7.92. The van der Waals surface area contributed by atoms with Crippen molar-refractivity contribution < 1.29 is 17.2 Å². The second kappa shape index (κ2) is 5.38. The summed E-state index contributed by atoms with van der Waals surface area (Å²) in [5, 5.41) is 8.87. The van der Waals surface area contributed by atoms with E-state index in [0.717, 1.165) is 36.4 Å². The van der Waals surface area contributed by atoms with E-state index in [2.05, 4.69) is 4.72 Å². The zero-order valence-electron chi connectivity index (χ0n) is 10.5. The summed E-state index contributed by atoms with van der Waals surface area (Å²) in [6, 6.07) is 7.48. The van der Waals surface area contributed by atoms with Gasteiger partial charge < -0.3 is 5.73 Å². The number of nitrogens with two attached hydrogens (primary N) is 1. The van der Waals surface area contributed by atoms with Gasteiger partial charge in [0.15, 0.2) is 0 Å². The van der Waals surface area contributed by atoms with Crippen molar-refractivity contribution in [2.75, 3.05) is 10.5 Å². The molecule has 0 saturated carbocycles. The molecule has 21 heavy (non-hydrogen) atoms.